The zero-order valence-corrected chi connectivity index (χ0v) is 36.0. The maximum Gasteiger partial charge on any atom is 0.0566 e. The van der Waals surface area contributed by atoms with Crippen molar-refractivity contribution >= 4 is 56.0 Å². The number of para-hydroxylation sites is 1. The van der Waals surface area contributed by atoms with Crippen LogP contribution in [0.1, 0.15) is 29.2 Å². The molecule has 64 heavy (non-hydrogen) atoms. The van der Waals surface area contributed by atoms with E-state index in [0.29, 0.717) is 5.02 Å². The van der Waals surface area contributed by atoms with Gasteiger partial charge in [-0.3, -0.25) is 0 Å². The molecule has 3 heteroatoms. The molecule has 0 saturated carbocycles. The molecular weight excluding hydrogens is 796 g/mol. The highest BCUT2D eigenvalue weighted by Crippen LogP contribution is 2.51. The van der Waals surface area contributed by atoms with Crippen LogP contribution in [0.15, 0.2) is 231 Å². The van der Waals surface area contributed by atoms with Gasteiger partial charge in [-0.1, -0.05) is 188 Å². The Morgan fingerprint density at radius 1 is 0.469 bits per heavy atom. The van der Waals surface area contributed by atoms with Gasteiger partial charge in [0.1, 0.15) is 0 Å². The smallest absolute Gasteiger partial charge is 0.0566 e. The molecule has 0 saturated heterocycles. The van der Waals surface area contributed by atoms with E-state index in [2.05, 4.69) is 240 Å². The van der Waals surface area contributed by atoms with Gasteiger partial charge in [0.15, 0.2) is 0 Å². The molecule has 0 bridgehead atoms. The Kier molecular flexibility index (Phi) is 9.47. The lowest BCUT2D eigenvalue weighted by atomic mass is 9.91. The fraction of sp³-hybridized carbons (Fsp3) is 0.0492. The number of hydrogen-bond donors (Lipinski definition) is 0. The van der Waals surface area contributed by atoms with Crippen LogP contribution < -0.4 is 4.90 Å². The average Bonchev–Trinajstić information content (AvgIpc) is 3.92. The van der Waals surface area contributed by atoms with Gasteiger partial charge < -0.3 is 9.47 Å². The SMILES string of the molecule is Clc1cc(-c2cc3c4ccccc4n(C4C=C(c5ccccc5)C=CC4)c3c3c2-c2ccccc2C3)cc(N(c2ccc(-c3ccccc3)cc2)c2ccc(-c3ccccc3)cc2)c1. The maximum atomic E-state index is 7.32. The van der Waals surface area contributed by atoms with Gasteiger partial charge in [0, 0.05) is 44.8 Å². The molecule has 1 unspecified atom stereocenters. The second-order valence-corrected chi connectivity index (χ2v) is 17.4. The number of allylic oxidation sites excluding steroid dienone is 4. The van der Waals surface area contributed by atoms with E-state index < -0.39 is 0 Å². The van der Waals surface area contributed by atoms with Crippen molar-refractivity contribution in [1.29, 1.82) is 0 Å². The Bertz CT molecular complexity index is 3330. The van der Waals surface area contributed by atoms with Crippen LogP contribution in [0.3, 0.4) is 0 Å². The van der Waals surface area contributed by atoms with E-state index in [0.717, 1.165) is 35.5 Å². The summed E-state index contributed by atoms with van der Waals surface area (Å²) in [6, 6.07) is 76.8. The summed E-state index contributed by atoms with van der Waals surface area (Å²) in [4.78, 5) is 2.34. The minimum atomic E-state index is 0.161. The molecule has 1 atom stereocenters. The lowest BCUT2D eigenvalue weighted by Crippen LogP contribution is -2.10. The summed E-state index contributed by atoms with van der Waals surface area (Å²) in [7, 11) is 0. The number of hydrogen-bond acceptors (Lipinski definition) is 1. The van der Waals surface area contributed by atoms with Crippen molar-refractivity contribution in [2.45, 2.75) is 18.9 Å². The van der Waals surface area contributed by atoms with E-state index in [9.17, 15) is 0 Å². The monoisotopic (exact) mass is 838 g/mol. The van der Waals surface area contributed by atoms with Crippen molar-refractivity contribution in [2.75, 3.05) is 4.90 Å². The summed E-state index contributed by atoms with van der Waals surface area (Å²) >= 11 is 7.32. The number of nitrogens with zero attached hydrogens (tertiary/aromatic N) is 2. The molecule has 0 amide bonds. The summed E-state index contributed by atoms with van der Waals surface area (Å²) in [5.74, 6) is 0. The molecule has 12 rings (SSSR count). The van der Waals surface area contributed by atoms with Gasteiger partial charge in [0.25, 0.3) is 0 Å². The highest BCUT2D eigenvalue weighted by Gasteiger charge is 2.30. The second-order valence-electron chi connectivity index (χ2n) is 16.9. The number of rotatable bonds is 8. The first-order valence-corrected chi connectivity index (χ1v) is 22.5. The van der Waals surface area contributed by atoms with Crippen molar-refractivity contribution in [3.05, 3.63) is 252 Å². The molecular formula is C61H43ClN2. The third kappa shape index (κ3) is 6.66. The molecule has 0 fully saturated rings. The summed E-state index contributed by atoms with van der Waals surface area (Å²) < 4.78 is 2.63. The molecule has 0 radical (unpaired) electrons. The normalized spacial score (nSPS) is 14.1. The summed E-state index contributed by atoms with van der Waals surface area (Å²) in [6.45, 7) is 0. The Morgan fingerprint density at radius 3 is 1.72 bits per heavy atom. The van der Waals surface area contributed by atoms with Gasteiger partial charge in [-0.2, -0.15) is 0 Å². The third-order valence-corrected chi connectivity index (χ3v) is 13.4. The number of aromatic nitrogens is 1. The van der Waals surface area contributed by atoms with Crippen molar-refractivity contribution < 1.29 is 0 Å². The van der Waals surface area contributed by atoms with Crippen molar-refractivity contribution in [1.82, 2.24) is 4.57 Å². The van der Waals surface area contributed by atoms with Crippen LogP contribution in [-0.2, 0) is 6.42 Å². The lowest BCUT2D eigenvalue weighted by molar-refractivity contribution is 0.649. The molecule has 0 spiro atoms. The number of benzene rings is 9. The average molecular weight is 839 g/mol. The summed E-state index contributed by atoms with van der Waals surface area (Å²) in [5.41, 5.74) is 20.5. The van der Waals surface area contributed by atoms with E-state index in [-0.39, 0.29) is 6.04 Å². The van der Waals surface area contributed by atoms with E-state index >= 15 is 0 Å². The molecule has 304 valence electrons. The Balaban J connectivity index is 1.05. The minimum absolute atomic E-state index is 0.161. The van der Waals surface area contributed by atoms with Crippen LogP contribution in [0.4, 0.5) is 17.1 Å². The van der Waals surface area contributed by atoms with Gasteiger partial charge in [-0.25, -0.2) is 0 Å². The van der Waals surface area contributed by atoms with E-state index in [1.54, 1.807) is 0 Å². The Labute approximate surface area is 379 Å². The Morgan fingerprint density at radius 2 is 1.05 bits per heavy atom. The van der Waals surface area contributed by atoms with Gasteiger partial charge in [0.05, 0.1) is 11.6 Å². The predicted octanol–water partition coefficient (Wildman–Crippen LogP) is 17.1. The molecule has 0 aliphatic heterocycles. The van der Waals surface area contributed by atoms with E-state index in [4.69, 9.17) is 11.6 Å². The first-order valence-electron chi connectivity index (χ1n) is 22.2. The van der Waals surface area contributed by atoms with E-state index in [1.807, 2.05) is 0 Å². The fourth-order valence-electron chi connectivity index (χ4n) is 10.2. The van der Waals surface area contributed by atoms with Crippen LogP contribution in [0.25, 0.3) is 71.9 Å². The maximum absolute atomic E-state index is 7.32. The third-order valence-electron chi connectivity index (χ3n) is 13.2. The van der Waals surface area contributed by atoms with Gasteiger partial charge in [-0.05, 0) is 128 Å². The van der Waals surface area contributed by atoms with Crippen molar-refractivity contribution in [3.63, 3.8) is 0 Å². The highest BCUT2D eigenvalue weighted by atomic mass is 35.5. The number of anilines is 3. The van der Waals surface area contributed by atoms with Gasteiger partial charge in [-0.15, -0.1) is 0 Å². The first kappa shape index (κ1) is 38.1. The zero-order chi connectivity index (χ0) is 42.6. The topological polar surface area (TPSA) is 8.17 Å². The van der Waals surface area contributed by atoms with E-state index in [1.165, 1.54) is 83.0 Å². The molecule has 0 N–H and O–H groups in total. The van der Waals surface area contributed by atoms with Gasteiger partial charge in [0.2, 0.25) is 0 Å². The standard InChI is InChI=1S/C61H43ClN2/c62-49-35-48(37-53(39-49)63(50-31-27-44(28-32-50)41-15-4-1-5-16-41)51-33-29-45(30-34-51)42-17-6-2-7-18-42)56-40-57-55-25-12-13-26-59(55)64(52-23-14-22-46(36-52)43-19-8-3-9-20-43)61(57)58-38-47-21-10-11-24-54(47)60(56)58/h1-22,24-37,39-40,52H,23,38H2. The van der Waals surface area contributed by atoms with Gasteiger partial charge >= 0.3 is 0 Å². The van der Waals surface area contributed by atoms with Crippen LogP contribution in [0.5, 0.6) is 0 Å². The molecule has 1 aromatic heterocycles. The molecule has 9 aromatic carbocycles. The zero-order valence-electron chi connectivity index (χ0n) is 35.2. The quantitative estimate of drug-likeness (QED) is 0.148. The highest BCUT2D eigenvalue weighted by molar-refractivity contribution is 6.31. The lowest BCUT2D eigenvalue weighted by Gasteiger charge is -2.27. The fourth-order valence-corrected chi connectivity index (χ4v) is 10.5. The molecule has 2 nitrogen and oxygen atoms in total. The molecule has 2 aliphatic rings. The van der Waals surface area contributed by atoms with Crippen LogP contribution in [0.2, 0.25) is 5.02 Å². The Hall–Kier alpha value is -7.65. The van der Waals surface area contributed by atoms with Crippen LogP contribution >= 0.6 is 11.6 Å². The first-order chi connectivity index (χ1) is 31.6. The number of fused-ring (bicyclic) bond motifs is 7. The van der Waals surface area contributed by atoms with Crippen molar-refractivity contribution in [2.24, 2.45) is 0 Å². The molecule has 1 heterocycles. The molecule has 10 aromatic rings. The predicted molar refractivity (Wildman–Crippen MR) is 271 cm³/mol. The van der Waals surface area contributed by atoms with Crippen LogP contribution in [0, 0.1) is 0 Å². The van der Waals surface area contributed by atoms with Crippen molar-refractivity contribution in [3.8, 4) is 44.5 Å². The molecule has 2 aliphatic carbocycles. The number of halogens is 1. The van der Waals surface area contributed by atoms with Crippen LogP contribution in [-0.4, -0.2) is 4.57 Å². The second kappa shape index (κ2) is 15.9. The summed E-state index contributed by atoms with van der Waals surface area (Å²) in [6.07, 6.45) is 8.90. The minimum Gasteiger partial charge on any atom is -0.333 e. The summed E-state index contributed by atoms with van der Waals surface area (Å²) in [5, 5.41) is 3.23. The largest absolute Gasteiger partial charge is 0.333 e.